The molecule has 0 aromatic carbocycles. The number of esters is 1. The Labute approximate surface area is 114 Å². The number of nitrogens with two attached hydrogens (primary N) is 1. The summed E-state index contributed by atoms with van der Waals surface area (Å²) in [4.78, 5) is 15.1. The van der Waals surface area contributed by atoms with E-state index in [0.717, 1.165) is 31.4 Å². The summed E-state index contributed by atoms with van der Waals surface area (Å²) in [5.74, 6) is 0.571. The molecule has 5 nitrogen and oxygen atoms in total. The topological polar surface area (TPSA) is 74.4 Å². The van der Waals surface area contributed by atoms with Crippen molar-refractivity contribution in [1.29, 1.82) is 0 Å². The number of methoxy groups -OCH3 is 1. The normalized spacial score (nSPS) is 11.9. The van der Waals surface area contributed by atoms with E-state index in [4.69, 9.17) is 10.5 Å². The van der Waals surface area contributed by atoms with E-state index >= 15 is 0 Å². The molecule has 0 saturated carbocycles. The molecule has 0 aliphatic carbocycles. The second-order valence-electron chi connectivity index (χ2n) is 4.33. The maximum Gasteiger partial charge on any atom is 0.305 e. The van der Waals surface area contributed by atoms with Crippen molar-refractivity contribution in [1.82, 2.24) is 4.98 Å². The van der Waals surface area contributed by atoms with Gasteiger partial charge in [-0.1, -0.05) is 0 Å². The van der Waals surface area contributed by atoms with E-state index in [1.165, 1.54) is 7.11 Å². The van der Waals surface area contributed by atoms with Crippen molar-refractivity contribution in [3.8, 4) is 5.75 Å². The maximum atomic E-state index is 11.1. The number of carbonyl (C=O) groups excluding carboxylic acids is 1. The molecule has 1 aromatic heterocycles. The van der Waals surface area contributed by atoms with Crippen LogP contribution in [0.3, 0.4) is 0 Å². The first-order chi connectivity index (χ1) is 9.26. The SMILES string of the molecule is COC(=O)CCCC(CCCN)Oc1cccnc1. The largest absolute Gasteiger partial charge is 0.489 e. The quantitative estimate of drug-likeness (QED) is 0.691. The van der Waals surface area contributed by atoms with Crippen LogP contribution in [0.2, 0.25) is 0 Å². The molecule has 0 spiro atoms. The van der Waals surface area contributed by atoms with E-state index in [9.17, 15) is 4.79 Å². The number of aromatic nitrogens is 1. The fraction of sp³-hybridized carbons (Fsp3) is 0.571. The molecule has 2 N–H and O–H groups in total. The Morgan fingerprint density at radius 3 is 2.84 bits per heavy atom. The van der Waals surface area contributed by atoms with Crippen molar-refractivity contribution in [3.05, 3.63) is 24.5 Å². The molecule has 5 heteroatoms. The fourth-order valence-corrected chi connectivity index (χ4v) is 1.79. The van der Waals surface area contributed by atoms with Crippen LogP contribution < -0.4 is 10.5 Å². The van der Waals surface area contributed by atoms with Gasteiger partial charge in [0.15, 0.2) is 0 Å². The monoisotopic (exact) mass is 266 g/mol. The van der Waals surface area contributed by atoms with E-state index in [1.807, 2.05) is 12.1 Å². The second kappa shape index (κ2) is 9.33. The van der Waals surface area contributed by atoms with Crippen molar-refractivity contribution in [2.45, 2.75) is 38.2 Å². The highest BCUT2D eigenvalue weighted by atomic mass is 16.5. The Morgan fingerprint density at radius 1 is 1.42 bits per heavy atom. The zero-order valence-electron chi connectivity index (χ0n) is 11.4. The van der Waals surface area contributed by atoms with Gasteiger partial charge in [-0.3, -0.25) is 9.78 Å². The molecule has 106 valence electrons. The van der Waals surface area contributed by atoms with Crippen LogP contribution in [-0.2, 0) is 9.53 Å². The molecule has 0 aliphatic heterocycles. The number of carbonyl (C=O) groups is 1. The summed E-state index contributed by atoms with van der Waals surface area (Å²) in [5.41, 5.74) is 5.53. The minimum absolute atomic E-state index is 0.0670. The number of pyridine rings is 1. The zero-order valence-corrected chi connectivity index (χ0v) is 11.4. The van der Waals surface area contributed by atoms with E-state index in [0.29, 0.717) is 13.0 Å². The molecule has 0 saturated heterocycles. The van der Waals surface area contributed by atoms with Crippen LogP contribution in [0.4, 0.5) is 0 Å². The Kier molecular flexibility index (Phi) is 7.58. The summed E-state index contributed by atoms with van der Waals surface area (Å²) in [6.45, 7) is 0.643. The Balaban J connectivity index is 2.40. The summed E-state index contributed by atoms with van der Waals surface area (Å²) < 4.78 is 10.5. The molecule has 19 heavy (non-hydrogen) atoms. The van der Waals surface area contributed by atoms with Gasteiger partial charge < -0.3 is 15.2 Å². The zero-order chi connectivity index (χ0) is 13.9. The van der Waals surface area contributed by atoms with E-state index in [2.05, 4.69) is 9.72 Å². The van der Waals surface area contributed by atoms with Crippen LogP contribution in [0.25, 0.3) is 0 Å². The summed E-state index contributed by atoms with van der Waals surface area (Å²) in [6, 6.07) is 3.71. The number of ether oxygens (including phenoxy) is 2. The molecular weight excluding hydrogens is 244 g/mol. The van der Waals surface area contributed by atoms with Crippen molar-refractivity contribution >= 4 is 5.97 Å². The summed E-state index contributed by atoms with van der Waals surface area (Å²) in [7, 11) is 1.40. The van der Waals surface area contributed by atoms with Crippen LogP contribution in [0.15, 0.2) is 24.5 Å². The highest BCUT2D eigenvalue weighted by Crippen LogP contribution is 2.16. The first kappa shape index (κ1) is 15.4. The van der Waals surface area contributed by atoms with E-state index in [-0.39, 0.29) is 12.1 Å². The molecule has 0 fully saturated rings. The van der Waals surface area contributed by atoms with E-state index in [1.54, 1.807) is 12.4 Å². The minimum atomic E-state index is -0.182. The van der Waals surface area contributed by atoms with Crippen molar-refractivity contribution in [2.24, 2.45) is 5.73 Å². The Hall–Kier alpha value is -1.62. The van der Waals surface area contributed by atoms with Gasteiger partial charge >= 0.3 is 5.97 Å². The first-order valence-electron chi connectivity index (χ1n) is 6.60. The van der Waals surface area contributed by atoms with Crippen LogP contribution in [0, 0.1) is 0 Å². The summed E-state index contributed by atoms with van der Waals surface area (Å²) in [5, 5.41) is 0. The average Bonchev–Trinajstić information content (AvgIpc) is 2.45. The number of hydrogen-bond acceptors (Lipinski definition) is 5. The van der Waals surface area contributed by atoms with Gasteiger partial charge in [-0.05, 0) is 44.4 Å². The number of hydrogen-bond donors (Lipinski definition) is 1. The van der Waals surface area contributed by atoms with Crippen LogP contribution >= 0.6 is 0 Å². The molecule has 1 aromatic rings. The maximum absolute atomic E-state index is 11.1. The predicted molar refractivity (Wildman–Crippen MR) is 72.8 cm³/mol. The molecule has 1 unspecified atom stereocenters. The number of nitrogens with zero attached hydrogens (tertiary/aromatic N) is 1. The lowest BCUT2D eigenvalue weighted by molar-refractivity contribution is -0.140. The van der Waals surface area contributed by atoms with Crippen molar-refractivity contribution in [3.63, 3.8) is 0 Å². The van der Waals surface area contributed by atoms with Gasteiger partial charge in [-0.2, -0.15) is 0 Å². The summed E-state index contributed by atoms with van der Waals surface area (Å²) in [6.07, 6.45) is 7.24. The molecule has 1 heterocycles. The lowest BCUT2D eigenvalue weighted by Crippen LogP contribution is -2.19. The summed E-state index contributed by atoms with van der Waals surface area (Å²) >= 11 is 0. The van der Waals surface area contributed by atoms with Crippen LogP contribution in [-0.4, -0.2) is 30.7 Å². The average molecular weight is 266 g/mol. The number of rotatable bonds is 9. The van der Waals surface area contributed by atoms with Gasteiger partial charge in [0.2, 0.25) is 0 Å². The van der Waals surface area contributed by atoms with E-state index < -0.39 is 0 Å². The first-order valence-corrected chi connectivity index (χ1v) is 6.60. The minimum Gasteiger partial charge on any atom is -0.489 e. The molecule has 0 aliphatic rings. The standard InChI is InChI=1S/C14H22N2O3/c1-18-14(17)8-2-5-12(6-3-9-15)19-13-7-4-10-16-11-13/h4,7,10-12H,2-3,5-6,8-9,15H2,1H3. The third-order valence-electron chi connectivity index (χ3n) is 2.80. The molecule has 1 rings (SSSR count). The van der Waals surface area contributed by atoms with Gasteiger partial charge in [0.25, 0.3) is 0 Å². The highest BCUT2D eigenvalue weighted by molar-refractivity contribution is 5.68. The van der Waals surface area contributed by atoms with Gasteiger partial charge in [0.1, 0.15) is 5.75 Å². The molecule has 1 atom stereocenters. The Morgan fingerprint density at radius 2 is 2.21 bits per heavy atom. The van der Waals surface area contributed by atoms with Gasteiger partial charge in [0.05, 0.1) is 19.4 Å². The van der Waals surface area contributed by atoms with Gasteiger partial charge in [0, 0.05) is 12.6 Å². The lowest BCUT2D eigenvalue weighted by atomic mass is 10.1. The molecule has 0 bridgehead atoms. The third-order valence-corrected chi connectivity index (χ3v) is 2.80. The highest BCUT2D eigenvalue weighted by Gasteiger charge is 2.11. The van der Waals surface area contributed by atoms with Crippen LogP contribution in [0.1, 0.15) is 32.1 Å². The molecule has 0 radical (unpaired) electrons. The second-order valence-corrected chi connectivity index (χ2v) is 4.33. The van der Waals surface area contributed by atoms with Crippen LogP contribution in [0.5, 0.6) is 5.75 Å². The van der Waals surface area contributed by atoms with Crippen molar-refractivity contribution < 1.29 is 14.3 Å². The predicted octanol–water partition coefficient (Wildman–Crippen LogP) is 1.91. The van der Waals surface area contributed by atoms with Crippen molar-refractivity contribution in [2.75, 3.05) is 13.7 Å². The lowest BCUT2D eigenvalue weighted by Gasteiger charge is -2.18. The smallest absolute Gasteiger partial charge is 0.305 e. The third kappa shape index (κ3) is 6.76. The van der Waals surface area contributed by atoms with Gasteiger partial charge in [-0.25, -0.2) is 0 Å². The van der Waals surface area contributed by atoms with Gasteiger partial charge in [-0.15, -0.1) is 0 Å². The molecule has 0 amide bonds. The fourth-order valence-electron chi connectivity index (χ4n) is 1.79. The molecular formula is C14H22N2O3. The Bertz CT molecular complexity index is 357.